The van der Waals surface area contributed by atoms with Crippen LogP contribution in [0.15, 0.2) is 48.3 Å². The van der Waals surface area contributed by atoms with Crippen LogP contribution in [0.5, 0.6) is 5.75 Å². The molecule has 0 unspecified atom stereocenters. The van der Waals surface area contributed by atoms with Crippen LogP contribution < -0.4 is 9.80 Å². The molecule has 1 aromatic carbocycles. The molecule has 0 radical (unpaired) electrons. The number of nitrogens with zero attached hydrogens (tertiary/aromatic N) is 4. The first-order valence-electron chi connectivity index (χ1n) is 9.79. The Bertz CT molecular complexity index is 969. The van der Waals surface area contributed by atoms with E-state index in [2.05, 4.69) is 52.9 Å². The number of hydrogen-bond donors (Lipinski definition) is 1. The third kappa shape index (κ3) is 2.67. The fraction of sp³-hybridized carbons (Fsp3) is 0.364. The number of anilines is 2. The molecular formula is C22H24N4O2. The number of aromatic hydroxyl groups is 1. The van der Waals surface area contributed by atoms with Gasteiger partial charge in [-0.3, -0.25) is 9.69 Å². The molecule has 144 valence electrons. The second-order valence-corrected chi connectivity index (χ2v) is 7.95. The monoisotopic (exact) mass is 376 g/mol. The molecule has 5 rings (SSSR count). The molecule has 1 N–H and O–H groups in total. The molecule has 1 fully saturated rings. The van der Waals surface area contributed by atoms with Gasteiger partial charge in [-0.25, -0.2) is 4.98 Å². The summed E-state index contributed by atoms with van der Waals surface area (Å²) in [6.45, 7) is 6.53. The third-order valence-electron chi connectivity index (χ3n) is 6.26. The largest absolute Gasteiger partial charge is 0.506 e. The van der Waals surface area contributed by atoms with Crippen molar-refractivity contribution in [3.05, 3.63) is 59.4 Å². The Hall–Kier alpha value is -2.86. The van der Waals surface area contributed by atoms with E-state index < -0.39 is 0 Å². The van der Waals surface area contributed by atoms with Crippen molar-refractivity contribution < 1.29 is 9.90 Å². The number of rotatable bonds is 3. The number of piperazine rings is 1. The lowest BCUT2D eigenvalue weighted by Crippen LogP contribution is -2.51. The van der Waals surface area contributed by atoms with Crippen LogP contribution in [0.3, 0.4) is 0 Å². The van der Waals surface area contributed by atoms with Crippen molar-refractivity contribution in [3.8, 4) is 5.75 Å². The van der Waals surface area contributed by atoms with E-state index in [9.17, 15) is 9.90 Å². The molecule has 1 saturated heterocycles. The maximum atomic E-state index is 13.2. The minimum atomic E-state index is -0.0599. The average Bonchev–Trinajstić information content (AvgIpc) is 3.38. The molecule has 1 amide bonds. The van der Waals surface area contributed by atoms with E-state index >= 15 is 0 Å². The lowest BCUT2D eigenvalue weighted by atomic mass is 10.1. The minimum absolute atomic E-state index is 0.0599. The minimum Gasteiger partial charge on any atom is -0.506 e. The smallest absolute Gasteiger partial charge is 0.244 e. The van der Waals surface area contributed by atoms with E-state index in [0.29, 0.717) is 0 Å². The van der Waals surface area contributed by atoms with Crippen molar-refractivity contribution in [1.82, 2.24) is 9.88 Å². The van der Waals surface area contributed by atoms with Crippen molar-refractivity contribution in [2.75, 3.05) is 29.4 Å². The van der Waals surface area contributed by atoms with Gasteiger partial charge in [0.15, 0.2) is 0 Å². The van der Waals surface area contributed by atoms with Gasteiger partial charge in [0, 0.05) is 37.1 Å². The molecule has 6 nitrogen and oxygen atoms in total. The van der Waals surface area contributed by atoms with Crippen molar-refractivity contribution in [3.63, 3.8) is 0 Å². The fourth-order valence-electron chi connectivity index (χ4n) is 4.55. The second kappa shape index (κ2) is 6.34. The first-order valence-corrected chi connectivity index (χ1v) is 9.79. The van der Waals surface area contributed by atoms with Gasteiger partial charge in [-0.15, -0.1) is 0 Å². The van der Waals surface area contributed by atoms with E-state index in [4.69, 9.17) is 0 Å². The highest BCUT2D eigenvalue weighted by molar-refractivity contribution is 5.99. The number of hydrogen-bond acceptors (Lipinski definition) is 5. The van der Waals surface area contributed by atoms with Gasteiger partial charge in [0.1, 0.15) is 11.6 Å². The summed E-state index contributed by atoms with van der Waals surface area (Å²) in [5, 5.41) is 9.45. The Morgan fingerprint density at radius 2 is 1.96 bits per heavy atom. The summed E-state index contributed by atoms with van der Waals surface area (Å²) in [4.78, 5) is 23.9. The number of pyridine rings is 1. The van der Waals surface area contributed by atoms with Gasteiger partial charge in [0.25, 0.3) is 0 Å². The van der Waals surface area contributed by atoms with Crippen LogP contribution in [-0.4, -0.2) is 52.6 Å². The Morgan fingerprint density at radius 1 is 1.11 bits per heavy atom. The standard InChI is InChI=1S/C22H24N4O2/c1-14-3-4-16(9-15(14)2)24-8-7-20(22(24)28)25-12-18-10-17(25)13-26(18)21-6-5-19(27)11-23-21/h3-6,9-11,17,20,27H,7-8,12-13H2,1-2H3/t17-,20+/m0/s1. The highest BCUT2D eigenvalue weighted by atomic mass is 16.3. The van der Waals surface area contributed by atoms with E-state index in [0.717, 1.165) is 37.6 Å². The number of carbonyl (C=O) groups is 1. The van der Waals surface area contributed by atoms with Gasteiger partial charge < -0.3 is 14.9 Å². The van der Waals surface area contributed by atoms with E-state index in [1.54, 1.807) is 6.07 Å². The van der Waals surface area contributed by atoms with Crippen LogP contribution in [0, 0.1) is 13.8 Å². The lowest BCUT2D eigenvalue weighted by Gasteiger charge is -2.37. The number of fused-ring (bicyclic) bond motifs is 1. The van der Waals surface area contributed by atoms with Gasteiger partial charge in [0.05, 0.1) is 12.2 Å². The van der Waals surface area contributed by atoms with E-state index in [-0.39, 0.29) is 23.7 Å². The molecule has 3 aliphatic heterocycles. The molecule has 0 aliphatic carbocycles. The van der Waals surface area contributed by atoms with Crippen molar-refractivity contribution in [2.24, 2.45) is 0 Å². The Balaban J connectivity index is 1.30. The van der Waals surface area contributed by atoms with E-state index in [1.165, 1.54) is 23.0 Å². The van der Waals surface area contributed by atoms with Crippen LogP contribution in [0.25, 0.3) is 0 Å². The molecule has 0 saturated carbocycles. The van der Waals surface area contributed by atoms with Crippen LogP contribution >= 0.6 is 0 Å². The highest BCUT2D eigenvalue weighted by Crippen LogP contribution is 2.36. The molecule has 28 heavy (non-hydrogen) atoms. The van der Waals surface area contributed by atoms with Crippen LogP contribution in [0.1, 0.15) is 17.5 Å². The predicted molar refractivity (Wildman–Crippen MR) is 108 cm³/mol. The summed E-state index contributed by atoms with van der Waals surface area (Å²) in [5.74, 6) is 1.23. The van der Waals surface area contributed by atoms with Gasteiger partial charge in [-0.05, 0) is 61.7 Å². The number of aromatic nitrogens is 1. The first kappa shape index (κ1) is 17.3. The zero-order valence-electron chi connectivity index (χ0n) is 16.2. The summed E-state index contributed by atoms with van der Waals surface area (Å²) in [7, 11) is 0. The molecule has 2 aromatic rings. The second-order valence-electron chi connectivity index (χ2n) is 7.95. The first-order chi connectivity index (χ1) is 13.5. The SMILES string of the molecule is Cc1ccc(N2CC[C@@H](N3CC4=C[C@H]3CN4c3ccc(O)cn3)C2=O)cc1C. The molecule has 2 bridgehead atoms. The summed E-state index contributed by atoms with van der Waals surface area (Å²) >= 11 is 0. The highest BCUT2D eigenvalue weighted by Gasteiger charge is 2.45. The van der Waals surface area contributed by atoms with Gasteiger partial charge in [-0.1, -0.05) is 6.07 Å². The molecule has 6 heteroatoms. The zero-order chi connectivity index (χ0) is 19.4. The maximum Gasteiger partial charge on any atom is 0.244 e. The van der Waals surface area contributed by atoms with Crippen molar-refractivity contribution in [1.29, 1.82) is 0 Å². The normalized spacial score (nSPS) is 24.4. The zero-order valence-corrected chi connectivity index (χ0v) is 16.2. The molecule has 2 atom stereocenters. The number of aryl methyl sites for hydroxylation is 2. The topological polar surface area (TPSA) is 59.9 Å². The number of benzene rings is 1. The molecule has 0 spiro atoms. The van der Waals surface area contributed by atoms with Crippen molar-refractivity contribution in [2.45, 2.75) is 32.4 Å². The quantitative estimate of drug-likeness (QED) is 0.892. The molecule has 1 aromatic heterocycles. The lowest BCUT2D eigenvalue weighted by molar-refractivity contribution is -0.121. The van der Waals surface area contributed by atoms with Crippen LogP contribution in [-0.2, 0) is 4.79 Å². The van der Waals surface area contributed by atoms with Crippen molar-refractivity contribution >= 4 is 17.4 Å². The molecule has 3 aliphatic rings. The third-order valence-corrected chi connectivity index (χ3v) is 6.26. The van der Waals surface area contributed by atoms with Gasteiger partial charge in [-0.2, -0.15) is 0 Å². The summed E-state index contributed by atoms with van der Waals surface area (Å²) in [6.07, 6.45) is 4.59. The van der Waals surface area contributed by atoms with Crippen LogP contribution in [0.4, 0.5) is 11.5 Å². The summed E-state index contributed by atoms with van der Waals surface area (Å²) in [6, 6.07) is 9.94. The van der Waals surface area contributed by atoms with Gasteiger partial charge >= 0.3 is 0 Å². The molecule has 4 heterocycles. The number of carbonyl (C=O) groups excluding carboxylic acids is 1. The number of amides is 1. The van der Waals surface area contributed by atoms with Gasteiger partial charge in [0.2, 0.25) is 5.91 Å². The maximum absolute atomic E-state index is 13.2. The van der Waals surface area contributed by atoms with E-state index in [1.807, 2.05) is 11.0 Å². The fourth-order valence-corrected chi connectivity index (χ4v) is 4.55. The Labute approximate surface area is 164 Å². The molecular weight excluding hydrogens is 352 g/mol. The summed E-state index contributed by atoms with van der Waals surface area (Å²) < 4.78 is 0. The Morgan fingerprint density at radius 3 is 2.64 bits per heavy atom. The average molecular weight is 376 g/mol. The predicted octanol–water partition coefficient (Wildman–Crippen LogP) is 2.60. The van der Waals surface area contributed by atoms with Crippen LogP contribution in [0.2, 0.25) is 0 Å². The Kier molecular flexibility index (Phi) is 3.91. The summed E-state index contributed by atoms with van der Waals surface area (Å²) in [5.41, 5.74) is 4.67.